The molecule has 0 saturated heterocycles. The van der Waals surface area contributed by atoms with Gasteiger partial charge >= 0.3 is 12.1 Å². The van der Waals surface area contributed by atoms with Crippen LogP contribution in [0, 0.1) is 44.1 Å². The minimum Gasteiger partial charge on any atom is -0.466 e. The average molecular weight is 736 g/mol. The van der Waals surface area contributed by atoms with Crippen LogP contribution in [0.2, 0.25) is 0 Å². The Morgan fingerprint density at radius 3 is 2.27 bits per heavy atom. The van der Waals surface area contributed by atoms with Crippen molar-refractivity contribution >= 4 is 5.97 Å². The number of nitrogens with one attached hydrogen (secondary N) is 1. The molecule has 0 aliphatic heterocycles. The summed E-state index contributed by atoms with van der Waals surface area (Å²) in [5.41, 5.74) is -0.515. The lowest BCUT2D eigenvalue weighted by atomic mass is 9.87. The van der Waals surface area contributed by atoms with E-state index in [1.54, 1.807) is 26.8 Å². The third kappa shape index (κ3) is 9.66. The van der Waals surface area contributed by atoms with E-state index in [9.17, 15) is 22.8 Å². The van der Waals surface area contributed by atoms with Crippen LogP contribution in [0.3, 0.4) is 0 Å². The predicted molar refractivity (Wildman–Crippen MR) is 191 cm³/mol. The molecule has 2 aromatic carbocycles. The Balaban J connectivity index is 1.81. The summed E-state index contributed by atoms with van der Waals surface area (Å²) in [5.74, 6) is -2.94. The maximum absolute atomic E-state index is 16.8. The predicted octanol–water partition coefficient (Wildman–Crippen LogP) is 9.12. The summed E-state index contributed by atoms with van der Waals surface area (Å²) in [4.78, 5) is 28.1. The highest BCUT2D eigenvalue weighted by Crippen LogP contribution is 2.45. The molecule has 1 aliphatic carbocycles. The van der Waals surface area contributed by atoms with Gasteiger partial charge in [0.2, 0.25) is 0 Å². The van der Waals surface area contributed by atoms with Crippen LogP contribution < -0.4 is 10.9 Å². The van der Waals surface area contributed by atoms with Gasteiger partial charge in [-0.05, 0) is 132 Å². The highest BCUT2D eigenvalue weighted by molar-refractivity contribution is 5.75. The summed E-state index contributed by atoms with van der Waals surface area (Å²) >= 11 is 0. The van der Waals surface area contributed by atoms with Gasteiger partial charge in [-0.1, -0.05) is 19.9 Å². The van der Waals surface area contributed by atoms with Gasteiger partial charge in [0.05, 0.1) is 18.6 Å². The van der Waals surface area contributed by atoms with Gasteiger partial charge in [-0.3, -0.25) is 9.59 Å². The Labute approximate surface area is 302 Å². The normalized spacial score (nSPS) is 14.7. The molecule has 1 aliphatic rings. The van der Waals surface area contributed by atoms with Crippen LogP contribution in [0.25, 0.3) is 11.1 Å². The first-order valence-electron chi connectivity index (χ1n) is 18.0. The molecule has 0 spiro atoms. The smallest absolute Gasteiger partial charge is 0.416 e. The first-order chi connectivity index (χ1) is 24.3. The molecule has 3 aromatic rings. The van der Waals surface area contributed by atoms with Crippen molar-refractivity contribution in [2.24, 2.45) is 5.92 Å². The molecule has 0 radical (unpaired) electrons. The monoisotopic (exact) mass is 735 g/mol. The number of nitrogens with zero attached hydrogens (tertiary/aromatic N) is 2. The van der Waals surface area contributed by atoms with Crippen molar-refractivity contribution in [2.75, 3.05) is 33.8 Å². The quantitative estimate of drug-likeness (QED) is 0.118. The van der Waals surface area contributed by atoms with E-state index in [4.69, 9.17) is 4.74 Å². The number of ether oxygens (including phenoxy) is 1. The number of carbonyl (C=O) groups is 1. The number of aryl methyl sites for hydroxylation is 3. The number of benzene rings is 2. The van der Waals surface area contributed by atoms with E-state index in [-0.39, 0.29) is 53.7 Å². The number of esters is 1. The highest BCUT2D eigenvalue weighted by atomic mass is 19.4. The molecule has 6 nitrogen and oxygen atoms in total. The van der Waals surface area contributed by atoms with Crippen LogP contribution in [0.1, 0.15) is 110 Å². The van der Waals surface area contributed by atoms with E-state index in [0.717, 1.165) is 12.8 Å². The maximum atomic E-state index is 16.8. The summed E-state index contributed by atoms with van der Waals surface area (Å²) in [6, 6.07) is 1.62. The first-order valence-corrected chi connectivity index (χ1v) is 18.0. The lowest BCUT2D eigenvalue weighted by Crippen LogP contribution is -2.37. The van der Waals surface area contributed by atoms with E-state index in [0.29, 0.717) is 42.1 Å². The van der Waals surface area contributed by atoms with E-state index >= 15 is 13.2 Å². The fraction of sp³-hybridized carbons (Fsp3) is 0.550. The third-order valence-electron chi connectivity index (χ3n) is 9.71. The molecule has 1 fully saturated rings. The fourth-order valence-corrected chi connectivity index (χ4v) is 7.09. The Morgan fingerprint density at radius 2 is 1.69 bits per heavy atom. The van der Waals surface area contributed by atoms with Crippen molar-refractivity contribution in [3.8, 4) is 11.1 Å². The zero-order valence-corrected chi connectivity index (χ0v) is 31.4. The molecule has 1 heterocycles. The van der Waals surface area contributed by atoms with E-state index in [1.165, 1.54) is 23.8 Å². The molecule has 1 N–H and O–H groups in total. The molecule has 1 aromatic heterocycles. The molecule has 0 bridgehead atoms. The fourth-order valence-electron chi connectivity index (χ4n) is 7.09. The number of hydrogen-bond acceptors (Lipinski definition) is 5. The topological polar surface area (TPSA) is 63.6 Å². The van der Waals surface area contributed by atoms with E-state index < -0.39 is 64.8 Å². The number of aromatic nitrogens is 1. The first kappa shape index (κ1) is 41.1. The molecule has 2 atom stereocenters. The lowest BCUT2D eigenvalue weighted by Gasteiger charge is -2.28. The van der Waals surface area contributed by atoms with Gasteiger partial charge in [0, 0.05) is 42.0 Å². The number of halogens is 6. The second kappa shape index (κ2) is 17.0. The van der Waals surface area contributed by atoms with Crippen LogP contribution in [-0.4, -0.2) is 49.2 Å². The maximum Gasteiger partial charge on any atom is 0.416 e. The van der Waals surface area contributed by atoms with Crippen LogP contribution in [0.5, 0.6) is 0 Å². The molecule has 286 valence electrons. The highest BCUT2D eigenvalue weighted by Gasteiger charge is 2.36. The standard InChI is InChI=1S/C40H51F6N3O3/c1-9-52-34(51)19-32(36-37(41)24(5)17-30(39(36)43)35-23(4)16-29(26-12-13-26)38(42)25(35)6)47-20-28(15-22(2)3)49-21-27(11-10-14-48(7)8)31(18-33(49)50)40(44,45)46/h16-18,21-22,26,28,32,47H,9-15,19-20H2,1-8H3/t28-,32-/m0/s1. The van der Waals surface area contributed by atoms with Gasteiger partial charge < -0.3 is 19.5 Å². The summed E-state index contributed by atoms with van der Waals surface area (Å²) < 4.78 is 97.2. The molecule has 0 amide bonds. The third-order valence-corrected chi connectivity index (χ3v) is 9.71. The minimum absolute atomic E-state index is 0.0131. The average Bonchev–Trinajstić information content (AvgIpc) is 3.89. The van der Waals surface area contributed by atoms with Gasteiger partial charge in [-0.2, -0.15) is 13.2 Å². The molecule has 52 heavy (non-hydrogen) atoms. The van der Waals surface area contributed by atoms with Gasteiger partial charge in [0.25, 0.3) is 5.56 Å². The van der Waals surface area contributed by atoms with Crippen LogP contribution in [0.4, 0.5) is 26.3 Å². The zero-order valence-electron chi connectivity index (χ0n) is 31.4. The zero-order chi connectivity index (χ0) is 38.7. The largest absolute Gasteiger partial charge is 0.466 e. The van der Waals surface area contributed by atoms with Gasteiger partial charge in [-0.25, -0.2) is 13.2 Å². The van der Waals surface area contributed by atoms with Crippen molar-refractivity contribution in [3.63, 3.8) is 0 Å². The SMILES string of the molecule is CCOC(=O)C[C@H](NC[C@H](CC(C)C)n1cc(CCCN(C)C)c(C(F)(F)F)cc1=O)c1c(F)c(C)cc(-c2c(C)cc(C3CC3)c(F)c2C)c1F. The lowest BCUT2D eigenvalue weighted by molar-refractivity contribution is -0.143. The van der Waals surface area contributed by atoms with Crippen molar-refractivity contribution in [1.29, 1.82) is 0 Å². The number of carbonyl (C=O) groups excluding carboxylic acids is 1. The number of pyridine rings is 1. The second-order valence-corrected chi connectivity index (χ2v) is 14.8. The van der Waals surface area contributed by atoms with Gasteiger partial charge in [-0.15, -0.1) is 0 Å². The Morgan fingerprint density at radius 1 is 1.02 bits per heavy atom. The van der Waals surface area contributed by atoms with Crippen molar-refractivity contribution in [1.82, 2.24) is 14.8 Å². The van der Waals surface area contributed by atoms with Crippen LogP contribution >= 0.6 is 0 Å². The molecule has 4 rings (SSSR count). The van der Waals surface area contributed by atoms with Crippen molar-refractivity contribution < 1.29 is 35.9 Å². The molecule has 0 unspecified atom stereocenters. The van der Waals surface area contributed by atoms with E-state index in [2.05, 4.69) is 5.32 Å². The molecule has 1 saturated carbocycles. The van der Waals surface area contributed by atoms with Crippen LogP contribution in [-0.2, 0) is 22.1 Å². The molecule has 12 heteroatoms. The van der Waals surface area contributed by atoms with Crippen molar-refractivity contribution in [2.45, 2.75) is 104 Å². The van der Waals surface area contributed by atoms with Crippen LogP contribution in [0.15, 0.2) is 29.2 Å². The number of hydrogen-bond donors (Lipinski definition) is 1. The van der Waals surface area contributed by atoms with Crippen molar-refractivity contribution in [3.05, 3.63) is 91.1 Å². The Hall–Kier alpha value is -3.64. The molecular formula is C40H51F6N3O3. The number of alkyl halides is 3. The Kier molecular flexibility index (Phi) is 13.4. The Bertz CT molecular complexity index is 1810. The number of rotatable bonds is 16. The second-order valence-electron chi connectivity index (χ2n) is 14.8. The molecular weight excluding hydrogens is 684 g/mol. The summed E-state index contributed by atoms with van der Waals surface area (Å²) in [6.45, 7) is 10.6. The van der Waals surface area contributed by atoms with E-state index in [1.807, 2.05) is 32.8 Å². The van der Waals surface area contributed by atoms with Gasteiger partial charge in [0.1, 0.15) is 17.5 Å². The minimum atomic E-state index is -4.74. The van der Waals surface area contributed by atoms with Gasteiger partial charge in [0.15, 0.2) is 0 Å². The summed E-state index contributed by atoms with van der Waals surface area (Å²) in [5, 5.41) is 3.10. The summed E-state index contributed by atoms with van der Waals surface area (Å²) in [6.07, 6.45) is -1.41. The summed E-state index contributed by atoms with van der Waals surface area (Å²) in [7, 11) is 3.63.